The lowest BCUT2D eigenvalue weighted by Crippen LogP contribution is -1.95. The van der Waals surface area contributed by atoms with Crippen LogP contribution in [0.2, 0.25) is 0 Å². The van der Waals surface area contributed by atoms with Gasteiger partial charge in [0.1, 0.15) is 0 Å². The van der Waals surface area contributed by atoms with Crippen molar-refractivity contribution >= 4 is 38.5 Å². The van der Waals surface area contributed by atoms with E-state index in [4.69, 9.17) is 4.74 Å². The van der Waals surface area contributed by atoms with Crippen LogP contribution in [0.4, 0.5) is 0 Å². The van der Waals surface area contributed by atoms with E-state index in [1.807, 2.05) is 0 Å². The van der Waals surface area contributed by atoms with Crippen molar-refractivity contribution in [3.63, 3.8) is 0 Å². The summed E-state index contributed by atoms with van der Waals surface area (Å²) < 4.78 is 6.73. The quantitative estimate of drug-likeness (QED) is 0.446. The van der Waals surface area contributed by atoms with Gasteiger partial charge in [-0.15, -0.1) is 0 Å². The summed E-state index contributed by atoms with van der Waals surface area (Å²) in [4.78, 5) is 0. The molecule has 0 fully saturated rings. The molecule has 0 saturated carbocycles. The molecule has 0 saturated heterocycles. The van der Waals surface area contributed by atoms with E-state index in [1.165, 1.54) is 9.13 Å². The third-order valence-electron chi connectivity index (χ3n) is 1.60. The maximum atomic E-state index is 5.47. The highest BCUT2D eigenvalue weighted by molar-refractivity contribution is 14.1. The van der Waals surface area contributed by atoms with Crippen LogP contribution in [0.1, 0.15) is 12.0 Å². The monoisotopic (exact) mass is 354 g/mol. The lowest BCUT2D eigenvalue weighted by Gasteiger charge is -2.02. The predicted octanol–water partition coefficient (Wildman–Crippen LogP) is 3.59. The van der Waals surface area contributed by atoms with E-state index < -0.39 is 0 Å². The van der Waals surface area contributed by atoms with Gasteiger partial charge in [0.2, 0.25) is 0 Å². The van der Waals surface area contributed by atoms with Gasteiger partial charge in [0.05, 0.1) is 6.61 Å². The van der Waals surface area contributed by atoms with Crippen molar-refractivity contribution in [1.29, 1.82) is 0 Å². The minimum absolute atomic E-state index is 0.726. The highest BCUT2D eigenvalue weighted by Gasteiger charge is 1.92. The maximum Gasteiger partial charge on any atom is 0.0716 e. The van der Waals surface area contributed by atoms with E-state index in [9.17, 15) is 0 Å². The molecule has 0 radical (unpaired) electrons. The van der Waals surface area contributed by atoms with Crippen LogP contribution in [0.5, 0.6) is 0 Å². The molecule has 0 aliphatic heterocycles. The van der Waals surface area contributed by atoms with E-state index in [-0.39, 0.29) is 0 Å². The molecular weight excluding hydrogens is 343 g/mol. The minimum atomic E-state index is 0.726. The molecule has 0 unspecified atom stereocenters. The summed E-state index contributed by atoms with van der Waals surface area (Å²) in [5.41, 5.74) is 1.25. The molecule has 0 bridgehead atoms. The molecule has 0 spiro atoms. The second kappa shape index (κ2) is 6.79. The molecule has 0 aromatic heterocycles. The van der Waals surface area contributed by atoms with E-state index >= 15 is 0 Å². The van der Waals surface area contributed by atoms with Crippen LogP contribution < -0.4 is 0 Å². The van der Waals surface area contributed by atoms with E-state index in [1.54, 1.807) is 0 Å². The molecule has 0 aliphatic rings. The highest BCUT2D eigenvalue weighted by atomic mass is 127. The van der Waals surface area contributed by atoms with Crippen molar-refractivity contribution in [2.24, 2.45) is 0 Å². The molecule has 0 heterocycles. The first-order valence-corrected chi connectivity index (χ1v) is 6.41. The lowest BCUT2D eigenvalue weighted by atomic mass is 10.2. The second-order valence-electron chi connectivity index (χ2n) is 2.72. The van der Waals surface area contributed by atoms with Crippen LogP contribution in [0.3, 0.4) is 0 Å². The zero-order valence-electron chi connectivity index (χ0n) is 7.30. The molecule has 1 rings (SSSR count). The summed E-state index contributed by atoms with van der Waals surface area (Å²) in [6.07, 6.45) is 1.07. The van der Waals surface area contributed by atoms with Gasteiger partial charge in [0, 0.05) is 15.5 Å². The molecule has 1 aromatic rings. The summed E-state index contributed by atoms with van der Waals surface area (Å²) >= 11 is 5.66. The largest absolute Gasteiger partial charge is 0.377 e. The van der Waals surface area contributed by atoms with E-state index in [2.05, 4.69) is 62.8 Å². The summed E-state index contributed by atoms with van der Waals surface area (Å²) in [5.74, 6) is 0. The van der Waals surface area contributed by atoms with Crippen molar-refractivity contribution in [3.8, 4) is 0 Å². The Morgan fingerprint density at radius 3 is 2.54 bits per heavy atom. The van der Waals surface area contributed by atoms with Crippen LogP contribution in [0.25, 0.3) is 0 Å². The number of ether oxygens (including phenoxy) is 1. The van der Waals surface area contributed by atoms with E-state index in [0.29, 0.717) is 0 Å². The normalized spacial score (nSPS) is 10.3. The fraction of sp³-hybridized carbons (Fsp3) is 0.400. The summed E-state index contributed by atoms with van der Waals surface area (Å²) in [6.45, 7) is 1.56. The number of rotatable bonds is 5. The Bertz CT molecular complexity index is 235. The third kappa shape index (κ3) is 4.98. The molecule has 13 heavy (non-hydrogen) atoms. The lowest BCUT2D eigenvalue weighted by molar-refractivity contribution is 0.122. The van der Waals surface area contributed by atoms with Crippen LogP contribution in [-0.4, -0.2) is 11.9 Å². The van der Waals surface area contributed by atoms with Crippen LogP contribution >= 0.6 is 38.5 Å². The molecule has 0 atom stereocenters. The first-order chi connectivity index (χ1) is 6.33. The molecule has 0 N–H and O–H groups in total. The van der Waals surface area contributed by atoms with Gasteiger partial charge in [0.25, 0.3) is 0 Å². The molecule has 1 nitrogen and oxygen atoms in total. The molecule has 3 heteroatoms. The van der Waals surface area contributed by atoms with Gasteiger partial charge in [0.15, 0.2) is 0 Å². The van der Waals surface area contributed by atoms with Crippen molar-refractivity contribution in [3.05, 3.63) is 33.4 Å². The van der Waals surface area contributed by atoms with Gasteiger partial charge in [-0.2, -0.15) is 0 Å². The fourth-order valence-corrected chi connectivity index (χ4v) is 1.52. The standard InChI is InChI=1S/C10H12BrIO/c11-6-1-7-13-8-9-2-4-10(12)5-3-9/h2-5H,1,6-8H2. The average Bonchev–Trinajstić information content (AvgIpc) is 2.15. The van der Waals surface area contributed by atoms with Gasteiger partial charge < -0.3 is 4.74 Å². The molecule has 0 amide bonds. The smallest absolute Gasteiger partial charge is 0.0716 e. The molecular formula is C10H12BrIO. The zero-order valence-corrected chi connectivity index (χ0v) is 11.0. The second-order valence-corrected chi connectivity index (χ2v) is 4.76. The zero-order chi connectivity index (χ0) is 9.52. The number of alkyl halides is 1. The van der Waals surface area contributed by atoms with Crippen molar-refractivity contribution in [1.82, 2.24) is 0 Å². The Kier molecular flexibility index (Phi) is 5.98. The summed E-state index contributed by atoms with van der Waals surface area (Å²) in [7, 11) is 0. The van der Waals surface area contributed by atoms with Crippen LogP contribution in [0.15, 0.2) is 24.3 Å². The van der Waals surface area contributed by atoms with Crippen molar-refractivity contribution in [2.45, 2.75) is 13.0 Å². The SMILES string of the molecule is BrCCCOCc1ccc(I)cc1. The Hall–Kier alpha value is 0.390. The first-order valence-electron chi connectivity index (χ1n) is 4.21. The van der Waals surface area contributed by atoms with E-state index in [0.717, 1.165) is 25.0 Å². The third-order valence-corrected chi connectivity index (χ3v) is 2.88. The first kappa shape index (κ1) is 11.5. The number of benzene rings is 1. The van der Waals surface area contributed by atoms with Crippen LogP contribution in [0, 0.1) is 3.57 Å². The Morgan fingerprint density at radius 2 is 1.92 bits per heavy atom. The van der Waals surface area contributed by atoms with Gasteiger partial charge >= 0.3 is 0 Å². The Balaban J connectivity index is 2.25. The minimum Gasteiger partial charge on any atom is -0.377 e. The molecule has 1 aromatic carbocycles. The number of hydrogen-bond acceptors (Lipinski definition) is 1. The van der Waals surface area contributed by atoms with Crippen molar-refractivity contribution in [2.75, 3.05) is 11.9 Å². The highest BCUT2D eigenvalue weighted by Crippen LogP contribution is 2.07. The van der Waals surface area contributed by atoms with Crippen molar-refractivity contribution < 1.29 is 4.74 Å². The Labute approximate surface area is 101 Å². The topological polar surface area (TPSA) is 9.23 Å². The van der Waals surface area contributed by atoms with Gasteiger partial charge in [-0.3, -0.25) is 0 Å². The molecule has 72 valence electrons. The van der Waals surface area contributed by atoms with Gasteiger partial charge in [-0.05, 0) is 46.7 Å². The summed E-state index contributed by atoms with van der Waals surface area (Å²) in [6, 6.07) is 8.42. The van der Waals surface area contributed by atoms with Gasteiger partial charge in [-0.1, -0.05) is 28.1 Å². The average molecular weight is 355 g/mol. The van der Waals surface area contributed by atoms with Gasteiger partial charge in [-0.25, -0.2) is 0 Å². The number of hydrogen-bond donors (Lipinski definition) is 0. The maximum absolute atomic E-state index is 5.47. The fourth-order valence-electron chi connectivity index (χ4n) is 0.927. The molecule has 0 aliphatic carbocycles. The number of halogens is 2. The van der Waals surface area contributed by atoms with Crippen LogP contribution in [-0.2, 0) is 11.3 Å². The summed E-state index contributed by atoms with van der Waals surface area (Å²) in [5, 5.41) is 1.01. The Morgan fingerprint density at radius 1 is 1.23 bits per heavy atom. The predicted molar refractivity (Wildman–Crippen MR) is 67.2 cm³/mol.